The fourth-order valence-electron chi connectivity index (χ4n) is 2.11. The minimum absolute atomic E-state index is 0.302. The molecule has 1 aliphatic rings. The quantitative estimate of drug-likeness (QED) is 0.907. The van der Waals surface area contributed by atoms with Crippen molar-refractivity contribution in [2.24, 2.45) is 0 Å². The van der Waals surface area contributed by atoms with Crippen LogP contribution in [0.5, 0.6) is 0 Å². The maximum Gasteiger partial charge on any atom is 0.347 e. The molecule has 2 heterocycles. The summed E-state index contributed by atoms with van der Waals surface area (Å²) in [5.74, 6) is -0.878. The van der Waals surface area contributed by atoms with Crippen molar-refractivity contribution in [3.63, 3.8) is 0 Å². The molecule has 1 saturated heterocycles. The number of hydrogen-bond donors (Lipinski definition) is 1. The van der Waals surface area contributed by atoms with Crippen LogP contribution in [0.25, 0.3) is 0 Å². The molecule has 0 spiro atoms. The fourth-order valence-corrected chi connectivity index (χ4v) is 3.20. The van der Waals surface area contributed by atoms with Crippen molar-refractivity contribution in [3.05, 3.63) is 10.6 Å². The number of thiazole rings is 1. The van der Waals surface area contributed by atoms with Crippen LogP contribution in [0.3, 0.4) is 0 Å². The highest BCUT2D eigenvalue weighted by Gasteiger charge is 2.26. The van der Waals surface area contributed by atoms with E-state index in [0.29, 0.717) is 36.2 Å². The molecule has 1 unspecified atom stereocenters. The van der Waals surface area contributed by atoms with Crippen LogP contribution in [0.15, 0.2) is 0 Å². The second-order valence-corrected chi connectivity index (χ2v) is 5.24. The second kappa shape index (κ2) is 5.67. The van der Waals surface area contributed by atoms with Gasteiger partial charge < -0.3 is 14.7 Å². The number of anilines is 1. The Morgan fingerprint density at radius 3 is 2.94 bits per heavy atom. The average molecular weight is 270 g/mol. The van der Waals surface area contributed by atoms with Gasteiger partial charge in [-0.3, -0.25) is 0 Å². The van der Waals surface area contributed by atoms with Gasteiger partial charge in [-0.05, 0) is 12.8 Å². The minimum atomic E-state index is -0.878. The summed E-state index contributed by atoms with van der Waals surface area (Å²) in [6.45, 7) is 6.20. The summed E-state index contributed by atoms with van der Waals surface area (Å²) in [6, 6.07) is 0.302. The SMILES string of the molecule is CCc1nc(N2CCOCC2CC)sc1C(=O)O. The van der Waals surface area contributed by atoms with E-state index in [0.717, 1.165) is 18.1 Å². The number of carbonyl (C=O) groups is 1. The first-order valence-electron chi connectivity index (χ1n) is 6.24. The van der Waals surface area contributed by atoms with E-state index in [1.165, 1.54) is 11.3 Å². The van der Waals surface area contributed by atoms with Crippen LogP contribution in [-0.4, -0.2) is 41.9 Å². The molecule has 0 radical (unpaired) electrons. The molecule has 6 heteroatoms. The first-order chi connectivity index (χ1) is 8.67. The van der Waals surface area contributed by atoms with Crippen LogP contribution in [0.4, 0.5) is 5.13 Å². The summed E-state index contributed by atoms with van der Waals surface area (Å²) < 4.78 is 5.45. The van der Waals surface area contributed by atoms with Gasteiger partial charge >= 0.3 is 5.97 Å². The smallest absolute Gasteiger partial charge is 0.347 e. The Morgan fingerprint density at radius 2 is 2.39 bits per heavy atom. The van der Waals surface area contributed by atoms with E-state index in [9.17, 15) is 4.79 Å². The molecule has 1 atom stereocenters. The van der Waals surface area contributed by atoms with Crippen LogP contribution in [0.2, 0.25) is 0 Å². The van der Waals surface area contributed by atoms with E-state index >= 15 is 0 Å². The summed E-state index contributed by atoms with van der Waals surface area (Å²) in [5.41, 5.74) is 0.684. The second-order valence-electron chi connectivity index (χ2n) is 4.26. The first-order valence-corrected chi connectivity index (χ1v) is 7.06. The summed E-state index contributed by atoms with van der Waals surface area (Å²) in [7, 11) is 0. The molecule has 0 aliphatic carbocycles. The summed E-state index contributed by atoms with van der Waals surface area (Å²) in [6.07, 6.45) is 1.63. The van der Waals surface area contributed by atoms with E-state index in [2.05, 4.69) is 16.8 Å². The molecule has 1 aromatic heterocycles. The van der Waals surface area contributed by atoms with Crippen LogP contribution in [0, 0.1) is 0 Å². The Bertz CT molecular complexity index is 433. The molecule has 1 aromatic rings. The monoisotopic (exact) mass is 270 g/mol. The summed E-state index contributed by atoms with van der Waals surface area (Å²) in [5, 5.41) is 9.98. The molecule has 1 fully saturated rings. The van der Waals surface area contributed by atoms with Gasteiger partial charge in [0.25, 0.3) is 0 Å². The van der Waals surface area contributed by atoms with Crippen molar-refractivity contribution in [2.75, 3.05) is 24.7 Å². The van der Waals surface area contributed by atoms with E-state index in [1.807, 2.05) is 6.92 Å². The third-order valence-corrected chi connectivity index (χ3v) is 4.28. The molecule has 0 aromatic carbocycles. The standard InChI is InChI=1S/C12H18N2O3S/c1-3-8-7-17-6-5-14(8)12-13-9(4-2)10(18-12)11(15)16/h8H,3-7H2,1-2H3,(H,15,16). The van der Waals surface area contributed by atoms with Crippen molar-refractivity contribution in [2.45, 2.75) is 32.7 Å². The number of morpholine rings is 1. The van der Waals surface area contributed by atoms with Gasteiger partial charge in [0.2, 0.25) is 0 Å². The van der Waals surface area contributed by atoms with Crippen LogP contribution < -0.4 is 4.90 Å². The zero-order valence-electron chi connectivity index (χ0n) is 10.7. The number of aryl methyl sites for hydroxylation is 1. The Morgan fingerprint density at radius 1 is 1.61 bits per heavy atom. The van der Waals surface area contributed by atoms with Gasteiger partial charge in [0.15, 0.2) is 5.13 Å². The van der Waals surface area contributed by atoms with Crippen molar-refractivity contribution in [1.29, 1.82) is 0 Å². The van der Waals surface area contributed by atoms with Crippen LogP contribution in [-0.2, 0) is 11.2 Å². The maximum atomic E-state index is 11.2. The lowest BCUT2D eigenvalue weighted by Gasteiger charge is -2.34. The van der Waals surface area contributed by atoms with E-state index in [4.69, 9.17) is 9.84 Å². The molecule has 0 bridgehead atoms. The largest absolute Gasteiger partial charge is 0.477 e. The Kier molecular flexibility index (Phi) is 4.19. The molecule has 0 amide bonds. The average Bonchev–Trinajstić information content (AvgIpc) is 2.82. The lowest BCUT2D eigenvalue weighted by molar-refractivity contribution is 0.0701. The third kappa shape index (κ3) is 2.49. The van der Waals surface area contributed by atoms with E-state index < -0.39 is 5.97 Å². The van der Waals surface area contributed by atoms with Crippen molar-refractivity contribution < 1.29 is 14.6 Å². The van der Waals surface area contributed by atoms with E-state index in [1.54, 1.807) is 0 Å². The molecule has 18 heavy (non-hydrogen) atoms. The van der Waals surface area contributed by atoms with Gasteiger partial charge in [0.05, 0.1) is 24.9 Å². The Balaban J connectivity index is 2.29. The summed E-state index contributed by atoms with van der Waals surface area (Å²) >= 11 is 1.28. The summed E-state index contributed by atoms with van der Waals surface area (Å²) in [4.78, 5) is 18.2. The highest BCUT2D eigenvalue weighted by molar-refractivity contribution is 7.17. The van der Waals surface area contributed by atoms with Crippen molar-refractivity contribution in [3.8, 4) is 0 Å². The molecular formula is C12H18N2O3S. The molecule has 100 valence electrons. The van der Waals surface area contributed by atoms with Gasteiger partial charge in [-0.15, -0.1) is 0 Å². The Labute approximate surface area is 110 Å². The molecule has 1 N–H and O–H groups in total. The predicted molar refractivity (Wildman–Crippen MR) is 70.7 cm³/mol. The zero-order chi connectivity index (χ0) is 13.1. The fraction of sp³-hybridized carbons (Fsp3) is 0.667. The van der Waals surface area contributed by atoms with Crippen molar-refractivity contribution in [1.82, 2.24) is 4.98 Å². The Hall–Kier alpha value is -1.14. The van der Waals surface area contributed by atoms with Gasteiger partial charge in [-0.1, -0.05) is 25.2 Å². The number of carboxylic acids is 1. The van der Waals surface area contributed by atoms with Gasteiger partial charge in [-0.25, -0.2) is 9.78 Å². The number of hydrogen-bond acceptors (Lipinski definition) is 5. The third-order valence-electron chi connectivity index (χ3n) is 3.16. The number of rotatable bonds is 4. The van der Waals surface area contributed by atoms with Gasteiger partial charge in [-0.2, -0.15) is 0 Å². The number of aromatic carboxylic acids is 1. The molecular weight excluding hydrogens is 252 g/mol. The lowest BCUT2D eigenvalue weighted by Crippen LogP contribution is -2.45. The molecule has 0 saturated carbocycles. The number of ether oxygens (including phenoxy) is 1. The highest BCUT2D eigenvalue weighted by Crippen LogP contribution is 2.29. The molecule has 1 aliphatic heterocycles. The number of aromatic nitrogens is 1. The number of carboxylic acid groups (broad SMARTS) is 1. The molecule has 5 nitrogen and oxygen atoms in total. The lowest BCUT2D eigenvalue weighted by atomic mass is 10.2. The molecule has 2 rings (SSSR count). The van der Waals surface area contributed by atoms with Crippen molar-refractivity contribution >= 4 is 22.4 Å². The predicted octanol–water partition coefficient (Wildman–Crippen LogP) is 2.02. The number of nitrogens with zero attached hydrogens (tertiary/aromatic N) is 2. The highest BCUT2D eigenvalue weighted by atomic mass is 32.1. The van der Waals surface area contributed by atoms with Crippen LogP contribution in [0.1, 0.15) is 35.6 Å². The maximum absolute atomic E-state index is 11.2. The van der Waals surface area contributed by atoms with E-state index in [-0.39, 0.29) is 0 Å². The van der Waals surface area contributed by atoms with Gasteiger partial charge in [0.1, 0.15) is 4.88 Å². The first kappa shape index (κ1) is 13.3. The van der Waals surface area contributed by atoms with Gasteiger partial charge in [0, 0.05) is 6.54 Å². The van der Waals surface area contributed by atoms with Crippen LogP contribution >= 0.6 is 11.3 Å². The normalized spacial score (nSPS) is 20.1. The minimum Gasteiger partial charge on any atom is -0.477 e. The zero-order valence-corrected chi connectivity index (χ0v) is 11.5. The topological polar surface area (TPSA) is 62.7 Å².